The molecular formula is C6H2F4SZn. The van der Waals surface area contributed by atoms with E-state index in [9.17, 15) is 17.6 Å². The molecule has 0 fully saturated rings. The molecule has 0 N–H and O–H groups in total. The van der Waals surface area contributed by atoms with Crippen LogP contribution in [0.4, 0.5) is 17.6 Å². The van der Waals surface area contributed by atoms with Gasteiger partial charge in [-0.1, -0.05) is 0 Å². The molecule has 1 aromatic carbocycles. The van der Waals surface area contributed by atoms with Crippen molar-refractivity contribution in [2.75, 3.05) is 0 Å². The predicted octanol–water partition coefficient (Wildman–Crippen LogP) is 2.53. The molecule has 0 nitrogen and oxygen atoms in total. The van der Waals surface area contributed by atoms with Gasteiger partial charge in [-0.2, -0.15) is 0 Å². The van der Waals surface area contributed by atoms with Gasteiger partial charge in [-0.3, -0.25) is 0 Å². The van der Waals surface area contributed by atoms with Gasteiger partial charge in [-0.15, -0.1) is 12.6 Å². The Kier molecular flexibility index (Phi) is 4.20. The van der Waals surface area contributed by atoms with Crippen molar-refractivity contribution in [1.29, 1.82) is 0 Å². The van der Waals surface area contributed by atoms with Crippen molar-refractivity contribution in [3.05, 3.63) is 29.3 Å². The topological polar surface area (TPSA) is 0 Å². The molecule has 0 bridgehead atoms. The Hall–Kier alpha value is -0.0866. The number of halogens is 4. The minimum atomic E-state index is -1.71. The SMILES string of the molecule is Fc1cc(F)c(S)c(F)c1F.[Zn]. The van der Waals surface area contributed by atoms with Crippen molar-refractivity contribution < 1.29 is 37.0 Å². The number of hydrogen-bond acceptors (Lipinski definition) is 1. The average Bonchev–Trinajstić information content (AvgIpc) is 1.97. The van der Waals surface area contributed by atoms with Crippen LogP contribution < -0.4 is 0 Å². The quantitative estimate of drug-likeness (QED) is 0.235. The summed E-state index contributed by atoms with van der Waals surface area (Å²) < 4.78 is 49.0. The summed E-state index contributed by atoms with van der Waals surface area (Å²) in [6.07, 6.45) is 0. The van der Waals surface area contributed by atoms with Crippen molar-refractivity contribution in [3.63, 3.8) is 0 Å². The number of hydrogen-bond donors (Lipinski definition) is 1. The molecule has 1 rings (SSSR count). The van der Waals surface area contributed by atoms with Gasteiger partial charge < -0.3 is 0 Å². The fraction of sp³-hybridized carbons (Fsp3) is 0. The van der Waals surface area contributed by atoms with E-state index in [1.807, 2.05) is 0 Å². The van der Waals surface area contributed by atoms with Crippen molar-refractivity contribution >= 4 is 12.6 Å². The van der Waals surface area contributed by atoms with Crippen LogP contribution in [0.3, 0.4) is 0 Å². The monoisotopic (exact) mass is 246 g/mol. The van der Waals surface area contributed by atoms with Crippen LogP contribution in [-0.2, 0) is 19.5 Å². The molecule has 0 unspecified atom stereocenters. The zero-order valence-corrected chi connectivity index (χ0v) is 9.61. The van der Waals surface area contributed by atoms with E-state index in [0.29, 0.717) is 0 Å². The van der Waals surface area contributed by atoms with E-state index in [2.05, 4.69) is 12.6 Å². The molecule has 0 aliphatic carbocycles. The fourth-order valence-corrected chi connectivity index (χ4v) is 0.719. The summed E-state index contributed by atoms with van der Waals surface area (Å²) in [5.41, 5.74) is 0. The molecule has 0 saturated heterocycles. The minimum absolute atomic E-state index is 0. The summed E-state index contributed by atoms with van der Waals surface area (Å²) in [6, 6.07) is 0.237. The summed E-state index contributed by atoms with van der Waals surface area (Å²) in [6.45, 7) is 0. The van der Waals surface area contributed by atoms with Crippen LogP contribution in [0.5, 0.6) is 0 Å². The van der Waals surface area contributed by atoms with Gasteiger partial charge in [0.2, 0.25) is 0 Å². The Labute approximate surface area is 84.1 Å². The normalized spacial score (nSPS) is 9.42. The summed E-state index contributed by atoms with van der Waals surface area (Å²) in [5, 5.41) is 0. The van der Waals surface area contributed by atoms with Crippen LogP contribution in [0.15, 0.2) is 11.0 Å². The average molecular weight is 248 g/mol. The molecule has 0 amide bonds. The Morgan fingerprint density at radius 3 is 1.92 bits per heavy atom. The van der Waals surface area contributed by atoms with Gasteiger partial charge in [0, 0.05) is 25.5 Å². The molecule has 0 atom stereocenters. The molecule has 0 aromatic heterocycles. The van der Waals surface area contributed by atoms with Crippen LogP contribution >= 0.6 is 12.6 Å². The van der Waals surface area contributed by atoms with E-state index in [-0.39, 0.29) is 25.5 Å². The minimum Gasteiger partial charge on any atom is -0.206 e. The Bertz CT molecular complexity index is 276. The molecular weight excluding hydrogens is 246 g/mol. The van der Waals surface area contributed by atoms with Crippen molar-refractivity contribution in [3.8, 4) is 0 Å². The van der Waals surface area contributed by atoms with Gasteiger partial charge in [-0.05, 0) is 0 Å². The second-order valence-electron chi connectivity index (χ2n) is 1.82. The molecule has 62 valence electrons. The second-order valence-corrected chi connectivity index (χ2v) is 2.26. The summed E-state index contributed by atoms with van der Waals surface area (Å²) in [7, 11) is 0. The van der Waals surface area contributed by atoms with Gasteiger partial charge in [0.15, 0.2) is 17.5 Å². The van der Waals surface area contributed by atoms with Crippen molar-refractivity contribution in [1.82, 2.24) is 0 Å². The van der Waals surface area contributed by atoms with Crippen molar-refractivity contribution in [2.24, 2.45) is 0 Å². The molecule has 0 aliphatic heterocycles. The van der Waals surface area contributed by atoms with E-state index < -0.39 is 28.2 Å². The third-order valence-corrected chi connectivity index (χ3v) is 1.50. The first-order valence-corrected chi connectivity index (χ1v) is 3.00. The van der Waals surface area contributed by atoms with Gasteiger partial charge in [-0.25, -0.2) is 17.6 Å². The van der Waals surface area contributed by atoms with E-state index in [0.717, 1.165) is 0 Å². The van der Waals surface area contributed by atoms with E-state index >= 15 is 0 Å². The van der Waals surface area contributed by atoms with Crippen LogP contribution in [0.25, 0.3) is 0 Å². The maximum atomic E-state index is 12.3. The molecule has 1 aromatic rings. The van der Waals surface area contributed by atoms with Gasteiger partial charge >= 0.3 is 0 Å². The zero-order chi connectivity index (χ0) is 8.59. The zero-order valence-electron chi connectivity index (χ0n) is 5.74. The Morgan fingerprint density at radius 1 is 0.917 bits per heavy atom. The van der Waals surface area contributed by atoms with Crippen LogP contribution in [-0.4, -0.2) is 0 Å². The Morgan fingerprint density at radius 2 is 1.42 bits per heavy atom. The molecule has 0 aliphatic rings. The third kappa shape index (κ3) is 1.99. The van der Waals surface area contributed by atoms with Gasteiger partial charge in [0.25, 0.3) is 0 Å². The maximum Gasteiger partial charge on any atom is 0.195 e. The van der Waals surface area contributed by atoms with Crippen LogP contribution in [0.2, 0.25) is 0 Å². The number of benzene rings is 1. The number of thiol groups is 1. The fourth-order valence-electron chi connectivity index (χ4n) is 0.557. The maximum absolute atomic E-state index is 12.3. The van der Waals surface area contributed by atoms with Crippen molar-refractivity contribution in [2.45, 2.75) is 4.90 Å². The first kappa shape index (κ1) is 11.9. The first-order valence-electron chi connectivity index (χ1n) is 2.56. The van der Waals surface area contributed by atoms with Crippen LogP contribution in [0.1, 0.15) is 0 Å². The molecule has 0 saturated carbocycles. The predicted molar refractivity (Wildman–Crippen MR) is 33.5 cm³/mol. The molecule has 12 heavy (non-hydrogen) atoms. The van der Waals surface area contributed by atoms with Crippen LogP contribution in [0, 0.1) is 23.3 Å². The summed E-state index contributed by atoms with van der Waals surface area (Å²) >= 11 is 3.27. The summed E-state index contributed by atoms with van der Waals surface area (Å²) in [4.78, 5) is -0.816. The molecule has 0 radical (unpaired) electrons. The van der Waals surface area contributed by atoms with Gasteiger partial charge in [0.05, 0.1) is 4.90 Å². The Balaban J connectivity index is 0.00000121. The second kappa shape index (κ2) is 4.24. The molecule has 0 spiro atoms. The first-order chi connectivity index (χ1) is 5.04. The standard InChI is InChI=1S/C6H2F4S.Zn/c7-2-1-3(8)6(11)5(10)4(2)9;/h1,11H;. The van der Waals surface area contributed by atoms with E-state index in [1.165, 1.54) is 0 Å². The molecule has 6 heteroatoms. The smallest absolute Gasteiger partial charge is 0.195 e. The van der Waals surface area contributed by atoms with Gasteiger partial charge in [0.1, 0.15) is 5.82 Å². The summed E-state index contributed by atoms with van der Waals surface area (Å²) in [5.74, 6) is -6.09. The largest absolute Gasteiger partial charge is 0.206 e. The third-order valence-electron chi connectivity index (χ3n) is 1.09. The van der Waals surface area contributed by atoms with E-state index in [1.54, 1.807) is 0 Å². The van der Waals surface area contributed by atoms with E-state index in [4.69, 9.17) is 0 Å². The molecule has 0 heterocycles. The number of rotatable bonds is 0.